The van der Waals surface area contributed by atoms with E-state index in [2.05, 4.69) is 10.6 Å². The van der Waals surface area contributed by atoms with Gasteiger partial charge in [0.15, 0.2) is 0 Å². The largest absolute Gasteiger partial charge is 0.325 e. The Morgan fingerprint density at radius 2 is 1.69 bits per heavy atom. The predicted molar refractivity (Wildman–Crippen MR) is 102 cm³/mol. The Morgan fingerprint density at radius 1 is 1.04 bits per heavy atom. The second-order valence-electron chi connectivity index (χ2n) is 5.55. The molecule has 0 bridgehead atoms. The van der Waals surface area contributed by atoms with Crippen LogP contribution in [0, 0.1) is 11.3 Å². The quantitative estimate of drug-likeness (QED) is 0.791. The summed E-state index contributed by atoms with van der Waals surface area (Å²) in [5.74, 6) is -0.617. The van der Waals surface area contributed by atoms with E-state index in [-0.39, 0.29) is 24.9 Å². The van der Waals surface area contributed by atoms with Crippen LogP contribution < -0.4 is 10.6 Å². The van der Waals surface area contributed by atoms with E-state index in [9.17, 15) is 9.59 Å². The van der Waals surface area contributed by atoms with E-state index in [0.29, 0.717) is 27.0 Å². The minimum absolute atomic E-state index is 0.00540. The van der Waals surface area contributed by atoms with Gasteiger partial charge in [-0.25, -0.2) is 0 Å². The summed E-state index contributed by atoms with van der Waals surface area (Å²) >= 11 is 11.7. The molecule has 2 aromatic rings. The molecule has 2 rings (SSSR count). The summed E-state index contributed by atoms with van der Waals surface area (Å²) in [4.78, 5) is 25.7. The van der Waals surface area contributed by atoms with Crippen LogP contribution in [0.15, 0.2) is 42.5 Å². The number of hydrogen-bond acceptors (Lipinski definition) is 4. The van der Waals surface area contributed by atoms with Gasteiger partial charge in [0.25, 0.3) is 0 Å². The lowest BCUT2D eigenvalue weighted by Gasteiger charge is -2.16. The van der Waals surface area contributed by atoms with E-state index < -0.39 is 0 Å². The molecule has 0 saturated carbocycles. The fourth-order valence-electron chi connectivity index (χ4n) is 2.20. The number of nitrogens with zero attached hydrogens (tertiary/aromatic N) is 2. The van der Waals surface area contributed by atoms with Crippen LogP contribution in [0.3, 0.4) is 0 Å². The summed E-state index contributed by atoms with van der Waals surface area (Å²) in [5.41, 5.74) is 1.33. The van der Waals surface area contributed by atoms with Crippen molar-refractivity contribution in [1.29, 1.82) is 5.26 Å². The molecule has 6 nitrogen and oxygen atoms in total. The summed E-state index contributed by atoms with van der Waals surface area (Å²) in [5, 5.41) is 15.1. The summed E-state index contributed by atoms with van der Waals surface area (Å²) in [6.45, 7) is 0.00210. The van der Waals surface area contributed by atoms with Crippen molar-refractivity contribution in [3.8, 4) is 6.07 Å². The second-order valence-corrected chi connectivity index (χ2v) is 6.37. The molecule has 8 heteroatoms. The molecule has 0 spiro atoms. The zero-order valence-electron chi connectivity index (χ0n) is 13.9. The number of halogens is 2. The maximum absolute atomic E-state index is 12.1. The van der Waals surface area contributed by atoms with Gasteiger partial charge in [0.05, 0.1) is 34.4 Å². The van der Waals surface area contributed by atoms with Gasteiger partial charge in [0, 0.05) is 5.69 Å². The number of hydrogen-bond donors (Lipinski definition) is 2. The maximum atomic E-state index is 12.1. The Balaban J connectivity index is 1.86. The standard InChI is InChI=1S/C18H16Cl2N4O2/c1-24(10-17(25)22-13-6-7-14(19)15(20)8-13)11-18(26)23-16-5-3-2-4-12(16)9-21/h2-8H,10-11H2,1H3,(H,22,25)(H,23,26). The lowest BCUT2D eigenvalue weighted by Crippen LogP contribution is -2.36. The normalized spacial score (nSPS) is 10.3. The van der Waals surface area contributed by atoms with E-state index >= 15 is 0 Å². The van der Waals surface area contributed by atoms with Crippen LogP contribution in [0.2, 0.25) is 10.0 Å². The molecular weight excluding hydrogens is 375 g/mol. The lowest BCUT2D eigenvalue weighted by atomic mass is 10.2. The molecule has 0 saturated heterocycles. The highest BCUT2D eigenvalue weighted by atomic mass is 35.5. The van der Waals surface area contributed by atoms with Crippen LogP contribution in [0.1, 0.15) is 5.56 Å². The fourth-order valence-corrected chi connectivity index (χ4v) is 2.50. The van der Waals surface area contributed by atoms with Gasteiger partial charge in [0.2, 0.25) is 11.8 Å². The molecule has 0 aliphatic rings. The number of nitrogens with one attached hydrogen (secondary N) is 2. The predicted octanol–water partition coefficient (Wildman–Crippen LogP) is 3.37. The molecular formula is C18H16Cl2N4O2. The number of nitriles is 1. The van der Waals surface area contributed by atoms with Crippen molar-refractivity contribution < 1.29 is 9.59 Å². The van der Waals surface area contributed by atoms with Crippen molar-refractivity contribution >= 4 is 46.4 Å². The second kappa shape index (κ2) is 9.20. The highest BCUT2D eigenvalue weighted by molar-refractivity contribution is 6.42. The number of benzene rings is 2. The zero-order chi connectivity index (χ0) is 19.1. The zero-order valence-corrected chi connectivity index (χ0v) is 15.4. The van der Waals surface area contributed by atoms with Crippen LogP contribution in [0.5, 0.6) is 0 Å². The molecule has 0 atom stereocenters. The SMILES string of the molecule is CN(CC(=O)Nc1ccc(Cl)c(Cl)c1)CC(=O)Nc1ccccc1C#N. The molecule has 2 N–H and O–H groups in total. The first-order valence-electron chi connectivity index (χ1n) is 7.61. The Labute approximate surface area is 161 Å². The van der Waals surface area contributed by atoms with Crippen LogP contribution >= 0.6 is 23.2 Å². The van der Waals surface area contributed by atoms with Crippen LogP contribution in [-0.2, 0) is 9.59 Å². The van der Waals surface area contributed by atoms with Crippen LogP contribution in [0.4, 0.5) is 11.4 Å². The van der Waals surface area contributed by atoms with Crippen molar-refractivity contribution in [3.63, 3.8) is 0 Å². The van der Waals surface area contributed by atoms with Gasteiger partial charge in [-0.15, -0.1) is 0 Å². The Kier molecular flexibility index (Phi) is 6.98. The third-order valence-electron chi connectivity index (χ3n) is 3.35. The highest BCUT2D eigenvalue weighted by Crippen LogP contribution is 2.24. The molecule has 0 fully saturated rings. The van der Waals surface area contributed by atoms with E-state index in [1.165, 1.54) is 0 Å². The van der Waals surface area contributed by atoms with Gasteiger partial charge < -0.3 is 10.6 Å². The smallest absolute Gasteiger partial charge is 0.238 e. The molecule has 0 aliphatic heterocycles. The minimum Gasteiger partial charge on any atom is -0.325 e. The summed E-state index contributed by atoms with van der Waals surface area (Å²) in [6.07, 6.45) is 0. The van der Waals surface area contributed by atoms with Crippen molar-refractivity contribution in [1.82, 2.24) is 4.90 Å². The van der Waals surface area contributed by atoms with Crippen molar-refractivity contribution in [2.45, 2.75) is 0 Å². The topological polar surface area (TPSA) is 85.2 Å². The Hall–Kier alpha value is -2.59. The number of amides is 2. The molecule has 26 heavy (non-hydrogen) atoms. The number of likely N-dealkylation sites (N-methyl/N-ethyl adjacent to an activating group) is 1. The molecule has 0 aliphatic carbocycles. The minimum atomic E-state index is -0.322. The van der Waals surface area contributed by atoms with Gasteiger partial charge in [-0.3, -0.25) is 14.5 Å². The number of carbonyl (C=O) groups is 2. The number of carbonyl (C=O) groups excluding carboxylic acids is 2. The Morgan fingerprint density at radius 3 is 2.35 bits per heavy atom. The maximum Gasteiger partial charge on any atom is 0.238 e. The highest BCUT2D eigenvalue weighted by Gasteiger charge is 2.13. The third kappa shape index (κ3) is 5.74. The van der Waals surface area contributed by atoms with E-state index in [1.807, 2.05) is 6.07 Å². The molecule has 0 aromatic heterocycles. The molecule has 2 amide bonds. The number of anilines is 2. The van der Waals surface area contributed by atoms with Gasteiger partial charge in [-0.2, -0.15) is 5.26 Å². The van der Waals surface area contributed by atoms with Crippen molar-refractivity contribution in [3.05, 3.63) is 58.1 Å². The van der Waals surface area contributed by atoms with Gasteiger partial charge in [-0.1, -0.05) is 35.3 Å². The monoisotopic (exact) mass is 390 g/mol. The van der Waals surface area contributed by atoms with Crippen LogP contribution in [-0.4, -0.2) is 36.9 Å². The molecule has 0 unspecified atom stereocenters. The average molecular weight is 391 g/mol. The van der Waals surface area contributed by atoms with E-state index in [4.69, 9.17) is 28.5 Å². The summed E-state index contributed by atoms with van der Waals surface area (Å²) < 4.78 is 0. The fraction of sp³-hybridized carbons (Fsp3) is 0.167. The van der Waals surface area contributed by atoms with E-state index in [0.717, 1.165) is 0 Å². The lowest BCUT2D eigenvalue weighted by molar-refractivity contribution is -0.119. The van der Waals surface area contributed by atoms with E-state index in [1.54, 1.807) is 54.4 Å². The molecule has 0 radical (unpaired) electrons. The third-order valence-corrected chi connectivity index (χ3v) is 4.09. The number of para-hydroxylation sites is 1. The summed E-state index contributed by atoms with van der Waals surface area (Å²) in [6, 6.07) is 13.5. The van der Waals surface area contributed by atoms with Crippen LogP contribution in [0.25, 0.3) is 0 Å². The molecule has 134 valence electrons. The summed E-state index contributed by atoms with van der Waals surface area (Å²) in [7, 11) is 1.64. The van der Waals surface area contributed by atoms with Gasteiger partial charge in [-0.05, 0) is 37.4 Å². The van der Waals surface area contributed by atoms with Crippen molar-refractivity contribution in [2.75, 3.05) is 30.8 Å². The average Bonchev–Trinajstić information content (AvgIpc) is 2.58. The Bertz CT molecular complexity index is 865. The van der Waals surface area contributed by atoms with Gasteiger partial charge >= 0.3 is 0 Å². The first-order valence-corrected chi connectivity index (χ1v) is 8.37. The molecule has 2 aromatic carbocycles. The first kappa shape index (κ1) is 19.7. The van der Waals surface area contributed by atoms with Gasteiger partial charge in [0.1, 0.15) is 6.07 Å². The number of rotatable bonds is 6. The first-order chi connectivity index (χ1) is 12.4. The molecule has 0 heterocycles. The van der Waals surface area contributed by atoms with Crippen molar-refractivity contribution in [2.24, 2.45) is 0 Å².